The van der Waals surface area contributed by atoms with Gasteiger partial charge in [0.25, 0.3) is 0 Å². The number of thiophene rings is 1. The van der Waals surface area contributed by atoms with Gasteiger partial charge in [0.2, 0.25) is 0 Å². The minimum atomic E-state index is -0.512. The van der Waals surface area contributed by atoms with Crippen molar-refractivity contribution in [3.63, 3.8) is 0 Å². The van der Waals surface area contributed by atoms with Crippen molar-refractivity contribution in [2.45, 2.75) is 5.41 Å². The fourth-order valence-corrected chi connectivity index (χ4v) is 12.1. The van der Waals surface area contributed by atoms with E-state index < -0.39 is 5.41 Å². The third-order valence-corrected chi connectivity index (χ3v) is 14.9. The third kappa shape index (κ3) is 5.85. The van der Waals surface area contributed by atoms with E-state index in [1.165, 1.54) is 103 Å². The molecule has 1 aromatic heterocycles. The summed E-state index contributed by atoms with van der Waals surface area (Å²) >= 11 is 1.87. The summed E-state index contributed by atoms with van der Waals surface area (Å²) in [7, 11) is 0. The normalized spacial score (nSPS) is 12.7. The molecule has 304 valence electrons. The SMILES string of the molecule is c1ccc(C2(c3ccccc3)c3ccccc3-c3ccc(N(c4ccc(-c5cc(-c6cccc7ccccc67)c6ccccc6c5)cc4)c4cccc5c4sc4ccccc45)cc32)cc1. The molecule has 0 aliphatic heterocycles. The molecule has 11 aromatic carbocycles. The van der Waals surface area contributed by atoms with Gasteiger partial charge in [-0.05, 0) is 126 Å². The number of fused-ring (bicyclic) bond motifs is 8. The van der Waals surface area contributed by atoms with Crippen LogP contribution in [-0.4, -0.2) is 0 Å². The number of hydrogen-bond acceptors (Lipinski definition) is 2. The molecule has 0 saturated carbocycles. The van der Waals surface area contributed by atoms with Crippen LogP contribution in [0.4, 0.5) is 17.1 Å². The smallest absolute Gasteiger partial charge is 0.0714 e. The van der Waals surface area contributed by atoms with Crippen LogP contribution in [0, 0.1) is 0 Å². The summed E-state index contributed by atoms with van der Waals surface area (Å²) < 4.78 is 2.56. The summed E-state index contributed by atoms with van der Waals surface area (Å²) in [5.41, 5.74) is 15.4. The molecule has 0 fully saturated rings. The zero-order valence-corrected chi connectivity index (χ0v) is 36.3. The molecule has 0 spiro atoms. The van der Waals surface area contributed by atoms with Crippen molar-refractivity contribution >= 4 is 70.1 Å². The molecule has 1 heterocycles. The second-order valence-electron chi connectivity index (χ2n) is 17.2. The summed E-state index contributed by atoms with van der Waals surface area (Å²) in [6, 6.07) is 92.2. The monoisotopic (exact) mass is 843 g/mol. The second kappa shape index (κ2) is 15.1. The lowest BCUT2D eigenvalue weighted by atomic mass is 9.67. The molecule has 65 heavy (non-hydrogen) atoms. The van der Waals surface area contributed by atoms with E-state index in [1.54, 1.807) is 0 Å². The molecular weight excluding hydrogens is 803 g/mol. The summed E-state index contributed by atoms with van der Waals surface area (Å²) in [5.74, 6) is 0. The lowest BCUT2D eigenvalue weighted by Crippen LogP contribution is -2.28. The summed E-state index contributed by atoms with van der Waals surface area (Å²) in [4.78, 5) is 2.49. The van der Waals surface area contributed by atoms with E-state index in [-0.39, 0.29) is 0 Å². The average molecular weight is 844 g/mol. The largest absolute Gasteiger partial charge is 0.309 e. The van der Waals surface area contributed by atoms with E-state index in [4.69, 9.17) is 0 Å². The van der Waals surface area contributed by atoms with Gasteiger partial charge in [0, 0.05) is 26.8 Å². The van der Waals surface area contributed by atoms with Gasteiger partial charge in [-0.1, -0.05) is 200 Å². The maximum absolute atomic E-state index is 2.49. The molecule has 1 aliphatic rings. The van der Waals surface area contributed by atoms with Crippen molar-refractivity contribution in [3.05, 3.63) is 271 Å². The predicted octanol–water partition coefficient (Wildman–Crippen LogP) is 17.5. The molecular formula is C63H41NS. The van der Waals surface area contributed by atoms with E-state index >= 15 is 0 Å². The van der Waals surface area contributed by atoms with Crippen molar-refractivity contribution in [1.29, 1.82) is 0 Å². The molecule has 1 aliphatic carbocycles. The molecule has 0 amide bonds. The van der Waals surface area contributed by atoms with Gasteiger partial charge in [-0.15, -0.1) is 11.3 Å². The van der Waals surface area contributed by atoms with E-state index in [9.17, 15) is 0 Å². The topological polar surface area (TPSA) is 3.24 Å². The van der Waals surface area contributed by atoms with Gasteiger partial charge in [-0.2, -0.15) is 0 Å². The Morgan fingerprint density at radius 2 is 0.892 bits per heavy atom. The maximum Gasteiger partial charge on any atom is 0.0714 e. The summed E-state index contributed by atoms with van der Waals surface area (Å²) in [5, 5.41) is 7.57. The van der Waals surface area contributed by atoms with Gasteiger partial charge in [-0.3, -0.25) is 0 Å². The standard InChI is InChI=1S/C63H41NS/c1-3-20-46(21-4-1)63(47-22-5-2-6-23-47)58-30-13-11-26-53(58)54-38-37-49(41-59(54)63)64(60-31-16-29-56-55-27-12-14-32-61(55)65-62(56)60)48-35-33-42(34-36-48)45-39-44-18-8-10-25-51(44)57(40-45)52-28-15-19-43-17-7-9-24-50(43)52/h1-41H. The Bertz CT molecular complexity index is 3730. The molecule has 13 rings (SSSR count). The highest BCUT2D eigenvalue weighted by molar-refractivity contribution is 7.26. The van der Waals surface area contributed by atoms with Crippen LogP contribution >= 0.6 is 11.3 Å². The maximum atomic E-state index is 2.49. The second-order valence-corrected chi connectivity index (χ2v) is 18.2. The fourth-order valence-electron chi connectivity index (χ4n) is 10.9. The molecule has 1 nitrogen and oxygen atoms in total. The molecule has 0 bridgehead atoms. The number of nitrogens with zero attached hydrogens (tertiary/aromatic N) is 1. The first-order valence-corrected chi connectivity index (χ1v) is 23.2. The Morgan fingerprint density at radius 1 is 0.323 bits per heavy atom. The minimum absolute atomic E-state index is 0.512. The molecule has 0 radical (unpaired) electrons. The van der Waals surface area contributed by atoms with Gasteiger partial charge in [0.1, 0.15) is 0 Å². The summed E-state index contributed by atoms with van der Waals surface area (Å²) in [6.45, 7) is 0. The molecule has 0 atom stereocenters. The lowest BCUT2D eigenvalue weighted by Gasteiger charge is -2.35. The number of rotatable bonds is 7. The Labute approximate surface area is 382 Å². The van der Waals surface area contributed by atoms with Gasteiger partial charge in [-0.25, -0.2) is 0 Å². The van der Waals surface area contributed by atoms with Gasteiger partial charge in [0.15, 0.2) is 0 Å². The Balaban J connectivity index is 1.02. The van der Waals surface area contributed by atoms with Gasteiger partial charge < -0.3 is 4.90 Å². The number of anilines is 3. The zero-order chi connectivity index (χ0) is 42.9. The first-order chi connectivity index (χ1) is 32.2. The first kappa shape index (κ1) is 37.5. The van der Waals surface area contributed by atoms with Crippen molar-refractivity contribution in [2.24, 2.45) is 0 Å². The quantitative estimate of drug-likeness (QED) is 0.154. The third-order valence-electron chi connectivity index (χ3n) is 13.7. The Morgan fingerprint density at radius 3 is 1.68 bits per heavy atom. The van der Waals surface area contributed by atoms with E-state index in [2.05, 4.69) is 254 Å². The fraction of sp³-hybridized carbons (Fsp3) is 0.0159. The van der Waals surface area contributed by atoms with Crippen LogP contribution in [0.5, 0.6) is 0 Å². The molecule has 2 heteroatoms. The van der Waals surface area contributed by atoms with Crippen LogP contribution in [-0.2, 0) is 5.41 Å². The molecule has 12 aromatic rings. The van der Waals surface area contributed by atoms with E-state index in [0.29, 0.717) is 0 Å². The van der Waals surface area contributed by atoms with Crippen LogP contribution in [0.3, 0.4) is 0 Å². The lowest BCUT2D eigenvalue weighted by molar-refractivity contribution is 0.768. The average Bonchev–Trinajstić information content (AvgIpc) is 3.91. The van der Waals surface area contributed by atoms with E-state index in [1.807, 2.05) is 11.3 Å². The Kier molecular flexibility index (Phi) is 8.69. The minimum Gasteiger partial charge on any atom is -0.309 e. The number of hydrogen-bond donors (Lipinski definition) is 0. The number of benzene rings is 11. The highest BCUT2D eigenvalue weighted by Gasteiger charge is 2.46. The van der Waals surface area contributed by atoms with Crippen LogP contribution in [0.1, 0.15) is 22.3 Å². The van der Waals surface area contributed by atoms with Crippen molar-refractivity contribution < 1.29 is 0 Å². The highest BCUT2D eigenvalue weighted by atomic mass is 32.1. The van der Waals surface area contributed by atoms with Crippen LogP contribution in [0.15, 0.2) is 249 Å². The van der Waals surface area contributed by atoms with Crippen LogP contribution in [0.25, 0.3) is 75.1 Å². The van der Waals surface area contributed by atoms with Gasteiger partial charge >= 0.3 is 0 Å². The van der Waals surface area contributed by atoms with E-state index in [0.717, 1.165) is 11.4 Å². The molecule has 0 saturated heterocycles. The van der Waals surface area contributed by atoms with Crippen LogP contribution in [0.2, 0.25) is 0 Å². The first-order valence-electron chi connectivity index (χ1n) is 22.4. The molecule has 0 unspecified atom stereocenters. The zero-order valence-electron chi connectivity index (χ0n) is 35.5. The Hall–Kier alpha value is -8.04. The van der Waals surface area contributed by atoms with Crippen LogP contribution < -0.4 is 4.90 Å². The van der Waals surface area contributed by atoms with Crippen molar-refractivity contribution in [2.75, 3.05) is 4.90 Å². The molecule has 0 N–H and O–H groups in total. The predicted molar refractivity (Wildman–Crippen MR) is 277 cm³/mol. The van der Waals surface area contributed by atoms with Gasteiger partial charge in [0.05, 0.1) is 15.8 Å². The highest BCUT2D eigenvalue weighted by Crippen LogP contribution is 2.57. The van der Waals surface area contributed by atoms with Crippen molar-refractivity contribution in [1.82, 2.24) is 0 Å². The van der Waals surface area contributed by atoms with Crippen molar-refractivity contribution in [3.8, 4) is 33.4 Å². The summed E-state index contributed by atoms with van der Waals surface area (Å²) in [6.07, 6.45) is 0.